The SMILES string of the molecule is CCC(NC(CC)C(C)C)c1cccc(Cl)c1. The van der Waals surface area contributed by atoms with Crippen molar-refractivity contribution >= 4 is 11.6 Å². The number of hydrogen-bond acceptors (Lipinski definition) is 1. The van der Waals surface area contributed by atoms with Crippen LogP contribution in [0.2, 0.25) is 5.02 Å². The maximum absolute atomic E-state index is 6.05. The lowest BCUT2D eigenvalue weighted by Gasteiger charge is -2.27. The number of hydrogen-bond donors (Lipinski definition) is 1. The van der Waals surface area contributed by atoms with Crippen LogP contribution in [-0.4, -0.2) is 6.04 Å². The summed E-state index contributed by atoms with van der Waals surface area (Å²) in [6.07, 6.45) is 2.25. The predicted molar refractivity (Wildman–Crippen MR) is 76.5 cm³/mol. The van der Waals surface area contributed by atoms with Gasteiger partial charge < -0.3 is 5.32 Å². The molecule has 0 saturated heterocycles. The van der Waals surface area contributed by atoms with Gasteiger partial charge in [0, 0.05) is 17.1 Å². The number of benzene rings is 1. The van der Waals surface area contributed by atoms with Crippen LogP contribution in [0.1, 0.15) is 52.1 Å². The minimum absolute atomic E-state index is 0.404. The number of nitrogens with one attached hydrogen (secondary N) is 1. The first kappa shape index (κ1) is 14.5. The molecular formula is C15H24ClN. The molecule has 0 radical (unpaired) electrons. The fourth-order valence-corrected chi connectivity index (χ4v) is 2.41. The lowest BCUT2D eigenvalue weighted by atomic mass is 9.97. The molecule has 2 atom stereocenters. The van der Waals surface area contributed by atoms with Crippen LogP contribution in [0.25, 0.3) is 0 Å². The molecule has 1 N–H and O–H groups in total. The Kier molecular flexibility index (Phi) is 6.01. The topological polar surface area (TPSA) is 12.0 Å². The van der Waals surface area contributed by atoms with Crippen LogP contribution in [0.15, 0.2) is 24.3 Å². The first-order valence-electron chi connectivity index (χ1n) is 6.60. The van der Waals surface area contributed by atoms with E-state index in [1.807, 2.05) is 12.1 Å². The van der Waals surface area contributed by atoms with Gasteiger partial charge in [0.25, 0.3) is 0 Å². The van der Waals surface area contributed by atoms with E-state index in [9.17, 15) is 0 Å². The van der Waals surface area contributed by atoms with E-state index in [1.54, 1.807) is 0 Å². The van der Waals surface area contributed by atoms with Crippen molar-refractivity contribution in [1.82, 2.24) is 5.32 Å². The van der Waals surface area contributed by atoms with Crippen molar-refractivity contribution in [3.8, 4) is 0 Å². The van der Waals surface area contributed by atoms with Gasteiger partial charge in [-0.2, -0.15) is 0 Å². The Labute approximate surface area is 111 Å². The molecule has 96 valence electrons. The molecule has 0 saturated carbocycles. The van der Waals surface area contributed by atoms with Crippen LogP contribution in [0.3, 0.4) is 0 Å². The van der Waals surface area contributed by atoms with Crippen LogP contribution in [0.4, 0.5) is 0 Å². The fourth-order valence-electron chi connectivity index (χ4n) is 2.21. The monoisotopic (exact) mass is 253 g/mol. The average molecular weight is 254 g/mol. The molecular weight excluding hydrogens is 230 g/mol. The van der Waals surface area contributed by atoms with Crippen LogP contribution in [0, 0.1) is 5.92 Å². The Morgan fingerprint density at radius 2 is 1.88 bits per heavy atom. The van der Waals surface area contributed by atoms with Crippen LogP contribution in [0.5, 0.6) is 0 Å². The summed E-state index contributed by atoms with van der Waals surface area (Å²) >= 11 is 6.05. The van der Waals surface area contributed by atoms with E-state index in [2.05, 4.69) is 45.1 Å². The molecule has 0 amide bonds. The highest BCUT2D eigenvalue weighted by atomic mass is 35.5. The smallest absolute Gasteiger partial charge is 0.0409 e. The third kappa shape index (κ3) is 4.33. The Bertz CT molecular complexity index is 335. The maximum atomic E-state index is 6.05. The quantitative estimate of drug-likeness (QED) is 0.767. The average Bonchev–Trinajstić information content (AvgIpc) is 2.30. The molecule has 0 spiro atoms. The lowest BCUT2D eigenvalue weighted by Crippen LogP contribution is -2.36. The van der Waals surface area contributed by atoms with E-state index in [0.717, 1.165) is 17.9 Å². The largest absolute Gasteiger partial charge is 0.307 e. The summed E-state index contributed by atoms with van der Waals surface area (Å²) in [6, 6.07) is 9.14. The summed E-state index contributed by atoms with van der Waals surface area (Å²) in [5, 5.41) is 4.56. The first-order chi connectivity index (χ1) is 8.08. The zero-order valence-corrected chi connectivity index (χ0v) is 12.1. The van der Waals surface area contributed by atoms with E-state index in [1.165, 1.54) is 5.56 Å². The minimum atomic E-state index is 0.404. The number of halogens is 1. The highest BCUT2D eigenvalue weighted by molar-refractivity contribution is 6.30. The highest BCUT2D eigenvalue weighted by Crippen LogP contribution is 2.22. The second-order valence-electron chi connectivity index (χ2n) is 4.94. The summed E-state index contributed by atoms with van der Waals surface area (Å²) in [5.41, 5.74) is 1.29. The highest BCUT2D eigenvalue weighted by Gasteiger charge is 2.16. The van der Waals surface area contributed by atoms with E-state index in [4.69, 9.17) is 11.6 Å². The van der Waals surface area contributed by atoms with Gasteiger partial charge in [-0.25, -0.2) is 0 Å². The zero-order chi connectivity index (χ0) is 12.8. The minimum Gasteiger partial charge on any atom is -0.307 e. The Balaban J connectivity index is 2.78. The Morgan fingerprint density at radius 1 is 1.18 bits per heavy atom. The zero-order valence-electron chi connectivity index (χ0n) is 11.3. The van der Waals surface area contributed by atoms with E-state index in [-0.39, 0.29) is 0 Å². The molecule has 0 aliphatic carbocycles. The van der Waals surface area contributed by atoms with Gasteiger partial charge >= 0.3 is 0 Å². The maximum Gasteiger partial charge on any atom is 0.0409 e. The summed E-state index contributed by atoms with van der Waals surface area (Å²) in [6.45, 7) is 8.99. The van der Waals surface area contributed by atoms with Gasteiger partial charge in [-0.05, 0) is 36.5 Å². The van der Waals surface area contributed by atoms with Crippen molar-refractivity contribution in [2.24, 2.45) is 5.92 Å². The number of rotatable bonds is 6. The van der Waals surface area contributed by atoms with Crippen LogP contribution < -0.4 is 5.32 Å². The van der Waals surface area contributed by atoms with Crippen molar-refractivity contribution in [3.05, 3.63) is 34.9 Å². The fraction of sp³-hybridized carbons (Fsp3) is 0.600. The molecule has 1 aromatic rings. The van der Waals surface area contributed by atoms with Crippen LogP contribution >= 0.6 is 11.6 Å². The lowest BCUT2D eigenvalue weighted by molar-refractivity contribution is 0.340. The van der Waals surface area contributed by atoms with Crippen molar-refractivity contribution in [2.75, 3.05) is 0 Å². The van der Waals surface area contributed by atoms with E-state index < -0.39 is 0 Å². The first-order valence-corrected chi connectivity index (χ1v) is 6.97. The molecule has 1 aromatic carbocycles. The summed E-state index contributed by atoms with van der Waals surface area (Å²) in [7, 11) is 0. The van der Waals surface area contributed by atoms with Gasteiger partial charge in [-0.15, -0.1) is 0 Å². The molecule has 2 unspecified atom stereocenters. The van der Waals surface area contributed by atoms with Gasteiger partial charge in [-0.1, -0.05) is 51.4 Å². The Hall–Kier alpha value is -0.530. The summed E-state index contributed by atoms with van der Waals surface area (Å²) in [5.74, 6) is 0.660. The van der Waals surface area contributed by atoms with Gasteiger partial charge in [0.2, 0.25) is 0 Å². The molecule has 2 heteroatoms. The van der Waals surface area contributed by atoms with Crippen molar-refractivity contribution in [2.45, 2.75) is 52.6 Å². The molecule has 0 fully saturated rings. The van der Waals surface area contributed by atoms with Crippen molar-refractivity contribution < 1.29 is 0 Å². The molecule has 0 heterocycles. The third-order valence-electron chi connectivity index (χ3n) is 3.32. The van der Waals surface area contributed by atoms with Gasteiger partial charge in [-0.3, -0.25) is 0 Å². The Morgan fingerprint density at radius 3 is 2.35 bits per heavy atom. The molecule has 0 aliphatic heterocycles. The summed E-state index contributed by atoms with van der Waals surface area (Å²) < 4.78 is 0. The van der Waals surface area contributed by atoms with Crippen molar-refractivity contribution in [3.63, 3.8) is 0 Å². The van der Waals surface area contributed by atoms with Gasteiger partial charge in [0.15, 0.2) is 0 Å². The van der Waals surface area contributed by atoms with E-state index in [0.29, 0.717) is 18.0 Å². The van der Waals surface area contributed by atoms with Gasteiger partial charge in [0.1, 0.15) is 0 Å². The standard InChI is InChI=1S/C15H24ClN/c1-5-14(11(3)4)17-15(6-2)12-8-7-9-13(16)10-12/h7-11,14-15,17H,5-6H2,1-4H3. The van der Waals surface area contributed by atoms with E-state index >= 15 is 0 Å². The third-order valence-corrected chi connectivity index (χ3v) is 3.55. The van der Waals surface area contributed by atoms with Crippen LogP contribution in [-0.2, 0) is 0 Å². The van der Waals surface area contributed by atoms with Crippen molar-refractivity contribution in [1.29, 1.82) is 0 Å². The van der Waals surface area contributed by atoms with Gasteiger partial charge in [0.05, 0.1) is 0 Å². The second kappa shape index (κ2) is 7.03. The molecule has 0 aromatic heterocycles. The predicted octanol–water partition coefficient (Wildman–Crippen LogP) is 4.82. The molecule has 1 nitrogen and oxygen atoms in total. The molecule has 17 heavy (non-hydrogen) atoms. The normalized spacial score (nSPS) is 14.9. The molecule has 0 bridgehead atoms. The molecule has 1 rings (SSSR count). The summed E-state index contributed by atoms with van der Waals surface area (Å²) in [4.78, 5) is 0. The molecule has 0 aliphatic rings. The second-order valence-corrected chi connectivity index (χ2v) is 5.38.